The molecule has 1 aliphatic heterocycles. The smallest absolute Gasteiger partial charge is 0.410 e. The van der Waals surface area contributed by atoms with Crippen LogP contribution in [0.3, 0.4) is 0 Å². The molecule has 2 heterocycles. The van der Waals surface area contributed by atoms with Crippen LogP contribution in [-0.2, 0) is 4.74 Å². The summed E-state index contributed by atoms with van der Waals surface area (Å²) in [4.78, 5) is 32.0. The van der Waals surface area contributed by atoms with E-state index in [0.29, 0.717) is 31.0 Å². The second-order valence-corrected chi connectivity index (χ2v) is 6.75. The Morgan fingerprint density at radius 3 is 2.52 bits per heavy atom. The summed E-state index contributed by atoms with van der Waals surface area (Å²) in [6.07, 6.45) is 1.13. The Labute approximate surface area is 136 Å². The van der Waals surface area contributed by atoms with E-state index in [1.54, 1.807) is 21.9 Å². The molecule has 2 N–H and O–H groups in total. The summed E-state index contributed by atoms with van der Waals surface area (Å²) in [5.41, 5.74) is 5.51. The maximum absolute atomic E-state index is 12.5. The van der Waals surface area contributed by atoms with Crippen LogP contribution in [0.1, 0.15) is 38.1 Å². The van der Waals surface area contributed by atoms with Gasteiger partial charge in [-0.05, 0) is 39.8 Å². The van der Waals surface area contributed by atoms with Crippen LogP contribution in [0.2, 0.25) is 0 Å². The van der Waals surface area contributed by atoms with E-state index in [1.807, 2.05) is 27.7 Å². The molecule has 2 amide bonds. The quantitative estimate of drug-likeness (QED) is 0.851. The van der Waals surface area contributed by atoms with Crippen LogP contribution < -0.4 is 5.73 Å². The van der Waals surface area contributed by atoms with Crippen molar-refractivity contribution in [2.75, 3.05) is 25.4 Å². The number of hydrogen-bond acceptors (Lipinski definition) is 5. The van der Waals surface area contributed by atoms with Crippen molar-refractivity contribution in [2.24, 2.45) is 0 Å². The molecule has 1 aromatic rings. The van der Waals surface area contributed by atoms with Gasteiger partial charge >= 0.3 is 6.09 Å². The number of pyridine rings is 1. The summed E-state index contributed by atoms with van der Waals surface area (Å²) in [5.74, 6) is 0.276. The summed E-state index contributed by atoms with van der Waals surface area (Å²) in [6.45, 7) is 8.78. The molecule has 1 aliphatic rings. The summed E-state index contributed by atoms with van der Waals surface area (Å²) >= 11 is 0. The minimum atomic E-state index is -0.525. The van der Waals surface area contributed by atoms with Crippen molar-refractivity contribution in [3.8, 4) is 0 Å². The lowest BCUT2D eigenvalue weighted by atomic mass is 10.1. The van der Waals surface area contributed by atoms with Gasteiger partial charge in [0.05, 0.1) is 5.56 Å². The summed E-state index contributed by atoms with van der Waals surface area (Å²) in [7, 11) is 0. The molecule has 0 radical (unpaired) electrons. The van der Waals surface area contributed by atoms with Gasteiger partial charge in [-0.2, -0.15) is 0 Å². The number of hydrogen-bond donors (Lipinski definition) is 1. The predicted molar refractivity (Wildman–Crippen MR) is 87.0 cm³/mol. The Kier molecular flexibility index (Phi) is 4.77. The lowest BCUT2D eigenvalue weighted by molar-refractivity contribution is 0.00616. The van der Waals surface area contributed by atoms with E-state index in [9.17, 15) is 9.59 Å². The van der Waals surface area contributed by atoms with Gasteiger partial charge in [-0.25, -0.2) is 9.78 Å². The zero-order valence-corrected chi connectivity index (χ0v) is 14.1. The molecular weight excluding hydrogens is 296 g/mol. The minimum Gasteiger partial charge on any atom is -0.444 e. The molecule has 1 saturated heterocycles. The third-order valence-electron chi connectivity index (χ3n) is 3.57. The van der Waals surface area contributed by atoms with Crippen LogP contribution in [0.5, 0.6) is 0 Å². The Morgan fingerprint density at radius 1 is 1.30 bits per heavy atom. The van der Waals surface area contributed by atoms with Gasteiger partial charge in [0.25, 0.3) is 5.91 Å². The van der Waals surface area contributed by atoms with Crippen LogP contribution in [0.15, 0.2) is 18.3 Å². The highest BCUT2D eigenvalue weighted by molar-refractivity contribution is 5.94. The zero-order chi connectivity index (χ0) is 17.2. The Morgan fingerprint density at radius 2 is 2.00 bits per heavy atom. The lowest BCUT2D eigenvalue weighted by Crippen LogP contribution is -2.56. The molecule has 0 unspecified atom stereocenters. The first-order chi connectivity index (χ1) is 10.7. The number of nitrogen functional groups attached to an aromatic ring is 1. The van der Waals surface area contributed by atoms with E-state index < -0.39 is 5.60 Å². The van der Waals surface area contributed by atoms with E-state index in [1.165, 1.54) is 6.20 Å². The highest BCUT2D eigenvalue weighted by atomic mass is 16.6. The predicted octanol–water partition coefficient (Wildman–Crippen LogP) is 1.75. The van der Waals surface area contributed by atoms with Crippen molar-refractivity contribution in [3.05, 3.63) is 23.9 Å². The molecule has 0 spiro atoms. The highest BCUT2D eigenvalue weighted by Gasteiger charge is 2.32. The SMILES string of the molecule is C[C@H]1CN(C(=O)OC(C)(C)C)CCN1C(=O)c1ccc(N)nc1. The molecule has 23 heavy (non-hydrogen) atoms. The van der Waals surface area contributed by atoms with Gasteiger partial charge < -0.3 is 20.3 Å². The molecule has 1 fully saturated rings. The number of ether oxygens (including phenoxy) is 1. The second kappa shape index (κ2) is 6.44. The number of piperazine rings is 1. The van der Waals surface area contributed by atoms with Crippen molar-refractivity contribution >= 4 is 17.8 Å². The topological polar surface area (TPSA) is 88.8 Å². The average Bonchev–Trinajstić information content (AvgIpc) is 2.45. The van der Waals surface area contributed by atoms with Crippen LogP contribution in [0, 0.1) is 0 Å². The third kappa shape index (κ3) is 4.34. The molecule has 0 aromatic carbocycles. The van der Waals surface area contributed by atoms with Crippen LogP contribution >= 0.6 is 0 Å². The minimum absolute atomic E-state index is 0.0960. The van der Waals surface area contributed by atoms with Gasteiger partial charge in [-0.15, -0.1) is 0 Å². The molecule has 2 rings (SSSR count). The Bertz CT molecular complexity index is 580. The first-order valence-corrected chi connectivity index (χ1v) is 7.68. The van der Waals surface area contributed by atoms with Gasteiger partial charge in [-0.1, -0.05) is 0 Å². The second-order valence-electron chi connectivity index (χ2n) is 6.75. The maximum atomic E-state index is 12.5. The van der Waals surface area contributed by atoms with Gasteiger partial charge in [0.15, 0.2) is 0 Å². The van der Waals surface area contributed by atoms with Crippen molar-refractivity contribution < 1.29 is 14.3 Å². The fourth-order valence-corrected chi connectivity index (χ4v) is 2.45. The molecule has 126 valence electrons. The van der Waals surface area contributed by atoms with E-state index in [-0.39, 0.29) is 18.0 Å². The van der Waals surface area contributed by atoms with Crippen LogP contribution in [0.4, 0.5) is 10.6 Å². The maximum Gasteiger partial charge on any atom is 0.410 e. The standard InChI is InChI=1S/C16H24N4O3/c1-11-10-19(15(22)23-16(2,3)4)7-8-20(11)14(21)12-5-6-13(17)18-9-12/h5-6,9,11H,7-8,10H2,1-4H3,(H2,17,18)/t11-/m0/s1. The molecule has 7 heteroatoms. The molecular formula is C16H24N4O3. The van der Waals surface area contributed by atoms with Crippen molar-refractivity contribution in [1.29, 1.82) is 0 Å². The Hall–Kier alpha value is -2.31. The number of carbonyl (C=O) groups excluding carboxylic acids is 2. The fourth-order valence-electron chi connectivity index (χ4n) is 2.45. The van der Waals surface area contributed by atoms with E-state index in [0.717, 1.165) is 0 Å². The monoisotopic (exact) mass is 320 g/mol. The molecule has 1 atom stereocenters. The number of anilines is 1. The molecule has 1 aromatic heterocycles. The summed E-state index contributed by atoms with van der Waals surface area (Å²) in [6, 6.07) is 3.17. The van der Waals surface area contributed by atoms with Gasteiger partial charge in [0, 0.05) is 31.9 Å². The first kappa shape index (κ1) is 17.1. The summed E-state index contributed by atoms with van der Waals surface area (Å²) in [5, 5.41) is 0. The number of aromatic nitrogens is 1. The van der Waals surface area contributed by atoms with Crippen molar-refractivity contribution in [3.63, 3.8) is 0 Å². The van der Waals surface area contributed by atoms with Crippen molar-refractivity contribution in [2.45, 2.75) is 39.3 Å². The number of nitrogens with zero attached hydrogens (tertiary/aromatic N) is 3. The average molecular weight is 320 g/mol. The molecule has 0 aliphatic carbocycles. The molecule has 0 bridgehead atoms. The van der Waals surface area contributed by atoms with Crippen LogP contribution in [0.25, 0.3) is 0 Å². The Balaban J connectivity index is 2.00. The van der Waals surface area contributed by atoms with Crippen LogP contribution in [-0.4, -0.2) is 58.1 Å². The lowest BCUT2D eigenvalue weighted by Gasteiger charge is -2.40. The van der Waals surface area contributed by atoms with Gasteiger partial charge in [0.2, 0.25) is 0 Å². The normalized spacial score (nSPS) is 18.7. The molecule has 7 nitrogen and oxygen atoms in total. The number of nitrogens with two attached hydrogens (primary N) is 1. The largest absolute Gasteiger partial charge is 0.444 e. The van der Waals surface area contributed by atoms with Gasteiger partial charge in [-0.3, -0.25) is 4.79 Å². The van der Waals surface area contributed by atoms with E-state index in [4.69, 9.17) is 10.5 Å². The zero-order valence-electron chi connectivity index (χ0n) is 14.1. The number of rotatable bonds is 1. The third-order valence-corrected chi connectivity index (χ3v) is 3.57. The number of carbonyl (C=O) groups is 2. The highest BCUT2D eigenvalue weighted by Crippen LogP contribution is 2.17. The van der Waals surface area contributed by atoms with E-state index >= 15 is 0 Å². The molecule has 0 saturated carbocycles. The fraction of sp³-hybridized carbons (Fsp3) is 0.562. The van der Waals surface area contributed by atoms with Crippen molar-refractivity contribution in [1.82, 2.24) is 14.8 Å². The number of amides is 2. The van der Waals surface area contributed by atoms with E-state index in [2.05, 4.69) is 4.98 Å². The first-order valence-electron chi connectivity index (χ1n) is 7.68. The van der Waals surface area contributed by atoms with Gasteiger partial charge in [0.1, 0.15) is 11.4 Å². The summed E-state index contributed by atoms with van der Waals surface area (Å²) < 4.78 is 5.38.